The molecule has 4 N–H and O–H groups in total. The summed E-state index contributed by atoms with van der Waals surface area (Å²) in [7, 11) is 0. The van der Waals surface area contributed by atoms with Crippen LogP contribution in [0.1, 0.15) is 15.9 Å². The van der Waals surface area contributed by atoms with Crippen LogP contribution in [0.25, 0.3) is 0 Å². The van der Waals surface area contributed by atoms with Gasteiger partial charge >= 0.3 is 6.03 Å². The zero-order chi connectivity index (χ0) is 22.2. The summed E-state index contributed by atoms with van der Waals surface area (Å²) in [6.45, 7) is 1.45. The first-order valence-electron chi connectivity index (χ1n) is 9.24. The summed E-state index contributed by atoms with van der Waals surface area (Å²) in [6.07, 6.45) is 1.73. The maximum absolute atomic E-state index is 12.6. The first-order valence-corrected chi connectivity index (χ1v) is 10.1. The Bertz CT molecular complexity index is 1090. The molecule has 0 spiro atoms. The first kappa shape index (κ1) is 21.8. The van der Waals surface area contributed by atoms with Crippen molar-refractivity contribution in [1.29, 1.82) is 0 Å². The Hall–Kier alpha value is -3.85. The molecule has 0 atom stereocenters. The van der Waals surface area contributed by atoms with Gasteiger partial charge in [0.05, 0.1) is 0 Å². The van der Waals surface area contributed by atoms with Crippen molar-refractivity contribution < 1.29 is 19.1 Å². The van der Waals surface area contributed by atoms with Crippen molar-refractivity contribution in [1.82, 2.24) is 10.3 Å². The third-order valence-electron chi connectivity index (χ3n) is 4.06. The lowest BCUT2D eigenvalue weighted by Crippen LogP contribution is -2.38. The van der Waals surface area contributed by atoms with E-state index in [1.54, 1.807) is 43.5 Å². The number of ether oxygens (including phenoxy) is 1. The molecule has 2 aromatic carbocycles. The van der Waals surface area contributed by atoms with Crippen LogP contribution < -0.4 is 21.1 Å². The standard InChI is InChI=1S/C22H20N4O4S/c1-14-12-16(30-13-19(27)26-22(23)29)7-10-18(14)25-21(28)15-5-8-17(9-6-15)31-20-4-2-3-11-24-20/h2-12H,13H2,1H3,(H,25,28)(H3,23,26,27,29). The molecule has 0 saturated heterocycles. The minimum absolute atomic E-state index is 0.244. The van der Waals surface area contributed by atoms with E-state index in [4.69, 9.17) is 10.5 Å². The molecule has 3 rings (SSSR count). The van der Waals surface area contributed by atoms with Gasteiger partial charge in [0.2, 0.25) is 0 Å². The Labute approximate surface area is 183 Å². The molecule has 8 nitrogen and oxygen atoms in total. The van der Waals surface area contributed by atoms with E-state index in [0.29, 0.717) is 17.0 Å². The number of imide groups is 1. The Kier molecular flexibility index (Phi) is 7.23. The van der Waals surface area contributed by atoms with Crippen molar-refractivity contribution >= 4 is 35.3 Å². The lowest BCUT2D eigenvalue weighted by atomic mass is 10.1. The number of pyridine rings is 1. The summed E-state index contributed by atoms with van der Waals surface area (Å²) in [5.41, 5.74) is 6.76. The second-order valence-corrected chi connectivity index (χ2v) is 7.52. The molecule has 0 aliphatic rings. The fraction of sp³-hybridized carbons (Fsp3) is 0.0909. The van der Waals surface area contributed by atoms with Gasteiger partial charge in [0, 0.05) is 22.3 Å². The predicted octanol–water partition coefficient (Wildman–Crippen LogP) is 3.37. The maximum Gasteiger partial charge on any atom is 0.318 e. The highest BCUT2D eigenvalue weighted by Gasteiger charge is 2.10. The predicted molar refractivity (Wildman–Crippen MR) is 117 cm³/mol. The molecule has 3 aromatic rings. The van der Waals surface area contributed by atoms with Gasteiger partial charge in [-0.15, -0.1) is 0 Å². The molecule has 0 aliphatic heterocycles. The maximum atomic E-state index is 12.6. The number of primary amides is 1. The summed E-state index contributed by atoms with van der Waals surface area (Å²) in [5, 5.41) is 5.65. The quantitative estimate of drug-likeness (QED) is 0.522. The van der Waals surface area contributed by atoms with E-state index in [9.17, 15) is 14.4 Å². The van der Waals surface area contributed by atoms with Crippen molar-refractivity contribution in [3.8, 4) is 5.75 Å². The van der Waals surface area contributed by atoms with E-state index in [2.05, 4.69) is 10.3 Å². The minimum Gasteiger partial charge on any atom is -0.484 e. The summed E-state index contributed by atoms with van der Waals surface area (Å²) >= 11 is 1.51. The van der Waals surface area contributed by atoms with Crippen LogP contribution in [0.3, 0.4) is 0 Å². The Morgan fingerprint density at radius 1 is 1.06 bits per heavy atom. The number of aromatic nitrogens is 1. The van der Waals surface area contributed by atoms with Gasteiger partial charge in [0.1, 0.15) is 10.8 Å². The van der Waals surface area contributed by atoms with Gasteiger partial charge in [-0.3, -0.25) is 14.9 Å². The lowest BCUT2D eigenvalue weighted by molar-refractivity contribution is -0.121. The monoisotopic (exact) mass is 436 g/mol. The summed E-state index contributed by atoms with van der Waals surface area (Å²) in [6, 6.07) is 17.0. The molecule has 31 heavy (non-hydrogen) atoms. The van der Waals surface area contributed by atoms with Crippen LogP contribution in [0.2, 0.25) is 0 Å². The van der Waals surface area contributed by atoms with Gasteiger partial charge in [-0.1, -0.05) is 17.8 Å². The normalized spacial score (nSPS) is 10.2. The number of carbonyl (C=O) groups excluding carboxylic acids is 3. The van der Waals surface area contributed by atoms with Crippen LogP contribution in [0.5, 0.6) is 5.75 Å². The molecule has 0 bridgehead atoms. The molecular formula is C22H20N4O4S. The molecule has 1 heterocycles. The van der Waals surface area contributed by atoms with Crippen molar-refractivity contribution in [3.63, 3.8) is 0 Å². The summed E-state index contributed by atoms with van der Waals surface area (Å²) < 4.78 is 5.32. The van der Waals surface area contributed by atoms with Gasteiger partial charge in [-0.25, -0.2) is 9.78 Å². The van der Waals surface area contributed by atoms with E-state index >= 15 is 0 Å². The number of benzene rings is 2. The van der Waals surface area contributed by atoms with E-state index in [0.717, 1.165) is 15.5 Å². The number of amides is 4. The van der Waals surface area contributed by atoms with Crippen LogP contribution >= 0.6 is 11.8 Å². The van der Waals surface area contributed by atoms with Gasteiger partial charge in [-0.05, 0) is 67.1 Å². The van der Waals surface area contributed by atoms with Crippen molar-refractivity contribution in [2.75, 3.05) is 11.9 Å². The Morgan fingerprint density at radius 2 is 1.84 bits per heavy atom. The average Bonchev–Trinajstić information content (AvgIpc) is 2.75. The van der Waals surface area contributed by atoms with Gasteiger partial charge in [-0.2, -0.15) is 0 Å². The number of urea groups is 1. The number of rotatable bonds is 7. The molecular weight excluding hydrogens is 416 g/mol. The van der Waals surface area contributed by atoms with E-state index in [1.807, 2.05) is 35.6 Å². The number of nitrogens with two attached hydrogens (primary N) is 1. The highest BCUT2D eigenvalue weighted by Crippen LogP contribution is 2.26. The molecule has 0 unspecified atom stereocenters. The average molecular weight is 436 g/mol. The van der Waals surface area contributed by atoms with Gasteiger partial charge in [0.25, 0.3) is 11.8 Å². The molecule has 1 aromatic heterocycles. The number of anilines is 1. The minimum atomic E-state index is -0.939. The fourth-order valence-electron chi connectivity index (χ4n) is 2.59. The Balaban J connectivity index is 1.58. The number of aryl methyl sites for hydroxylation is 1. The molecule has 9 heteroatoms. The summed E-state index contributed by atoms with van der Waals surface area (Å²) in [4.78, 5) is 39.9. The summed E-state index contributed by atoms with van der Waals surface area (Å²) in [5.74, 6) is -0.467. The van der Waals surface area contributed by atoms with Crippen LogP contribution in [0.4, 0.5) is 10.5 Å². The molecule has 0 aliphatic carbocycles. The highest BCUT2D eigenvalue weighted by molar-refractivity contribution is 7.99. The van der Waals surface area contributed by atoms with Crippen molar-refractivity contribution in [2.24, 2.45) is 5.73 Å². The Morgan fingerprint density at radius 3 is 2.48 bits per heavy atom. The van der Waals surface area contributed by atoms with Crippen molar-refractivity contribution in [3.05, 3.63) is 78.0 Å². The second kappa shape index (κ2) is 10.3. The van der Waals surface area contributed by atoms with E-state index < -0.39 is 11.9 Å². The molecule has 0 saturated carbocycles. The number of nitrogens with zero attached hydrogens (tertiary/aromatic N) is 1. The van der Waals surface area contributed by atoms with Crippen molar-refractivity contribution in [2.45, 2.75) is 16.8 Å². The molecule has 158 valence electrons. The lowest BCUT2D eigenvalue weighted by Gasteiger charge is -2.11. The largest absolute Gasteiger partial charge is 0.484 e. The number of carbonyl (C=O) groups is 3. The van der Waals surface area contributed by atoms with Crippen LogP contribution in [-0.4, -0.2) is 29.4 Å². The van der Waals surface area contributed by atoms with Gasteiger partial charge in [0.15, 0.2) is 6.61 Å². The zero-order valence-electron chi connectivity index (χ0n) is 16.6. The molecule has 4 amide bonds. The zero-order valence-corrected chi connectivity index (χ0v) is 17.4. The highest BCUT2D eigenvalue weighted by atomic mass is 32.2. The smallest absolute Gasteiger partial charge is 0.318 e. The second-order valence-electron chi connectivity index (χ2n) is 6.43. The topological polar surface area (TPSA) is 123 Å². The molecule has 0 radical (unpaired) electrons. The third-order valence-corrected chi connectivity index (χ3v) is 5.01. The SMILES string of the molecule is Cc1cc(OCC(=O)NC(N)=O)ccc1NC(=O)c1ccc(Sc2ccccn2)cc1. The van der Waals surface area contributed by atoms with Gasteiger partial charge < -0.3 is 15.8 Å². The van der Waals surface area contributed by atoms with Crippen LogP contribution in [0, 0.1) is 6.92 Å². The van der Waals surface area contributed by atoms with Crippen LogP contribution in [0.15, 0.2) is 76.8 Å². The number of hydrogen-bond donors (Lipinski definition) is 3. The fourth-order valence-corrected chi connectivity index (χ4v) is 3.36. The number of hydrogen-bond acceptors (Lipinski definition) is 6. The van der Waals surface area contributed by atoms with E-state index in [-0.39, 0.29) is 12.5 Å². The number of nitrogens with one attached hydrogen (secondary N) is 2. The first-order chi connectivity index (χ1) is 14.9. The molecule has 0 fully saturated rings. The van der Waals surface area contributed by atoms with E-state index in [1.165, 1.54) is 11.8 Å². The van der Waals surface area contributed by atoms with Crippen LogP contribution in [-0.2, 0) is 4.79 Å². The third kappa shape index (κ3) is 6.58.